The lowest BCUT2D eigenvalue weighted by Crippen LogP contribution is -2.43. The zero-order valence-corrected chi connectivity index (χ0v) is 13.1. The van der Waals surface area contributed by atoms with Crippen LogP contribution in [0.5, 0.6) is 0 Å². The molecule has 2 rings (SSSR count). The predicted molar refractivity (Wildman–Crippen MR) is 78.8 cm³/mol. The van der Waals surface area contributed by atoms with Crippen LogP contribution < -0.4 is 5.73 Å². The van der Waals surface area contributed by atoms with Crippen LogP contribution in [-0.4, -0.2) is 35.1 Å². The maximum atomic E-state index is 12.8. The highest BCUT2D eigenvalue weighted by molar-refractivity contribution is 7.89. The molecule has 0 spiro atoms. The molecule has 7 heteroatoms. The molecule has 0 saturated carbocycles. The Morgan fingerprint density at radius 3 is 2.80 bits per heavy atom. The van der Waals surface area contributed by atoms with E-state index >= 15 is 0 Å². The molecule has 114 valence electrons. The fourth-order valence-electron chi connectivity index (χ4n) is 2.79. The molecule has 0 amide bonds. The number of aromatic nitrogens is 2. The smallest absolute Gasteiger partial charge is 0.248 e. The van der Waals surface area contributed by atoms with Gasteiger partial charge in [-0.25, -0.2) is 8.42 Å². The fourth-order valence-corrected chi connectivity index (χ4v) is 4.61. The van der Waals surface area contributed by atoms with Crippen LogP contribution in [0, 0.1) is 0 Å². The Bertz CT molecular complexity index is 553. The van der Waals surface area contributed by atoms with Crippen LogP contribution in [0.3, 0.4) is 0 Å². The van der Waals surface area contributed by atoms with Gasteiger partial charge in [-0.05, 0) is 25.7 Å². The highest BCUT2D eigenvalue weighted by atomic mass is 32.2. The third kappa shape index (κ3) is 2.83. The molecule has 0 aliphatic carbocycles. The monoisotopic (exact) mass is 300 g/mol. The normalized spacial score (nSPS) is 21.2. The quantitative estimate of drug-likeness (QED) is 0.899. The van der Waals surface area contributed by atoms with Crippen molar-refractivity contribution in [3.05, 3.63) is 6.20 Å². The number of nitrogens with zero attached hydrogens (tertiary/aromatic N) is 3. The van der Waals surface area contributed by atoms with E-state index in [4.69, 9.17) is 5.73 Å². The van der Waals surface area contributed by atoms with Gasteiger partial charge in [0, 0.05) is 25.3 Å². The van der Waals surface area contributed by atoms with Gasteiger partial charge in [0.05, 0.1) is 0 Å². The Morgan fingerprint density at radius 2 is 2.15 bits per heavy atom. The summed E-state index contributed by atoms with van der Waals surface area (Å²) >= 11 is 0. The largest absolute Gasteiger partial charge is 0.381 e. The molecule has 20 heavy (non-hydrogen) atoms. The van der Waals surface area contributed by atoms with Crippen molar-refractivity contribution in [2.24, 2.45) is 0 Å². The van der Waals surface area contributed by atoms with Gasteiger partial charge in [0.1, 0.15) is 4.90 Å². The second-order valence-electron chi connectivity index (χ2n) is 5.32. The van der Waals surface area contributed by atoms with Gasteiger partial charge < -0.3 is 5.73 Å². The number of hydrogen-bond donors (Lipinski definition) is 1. The minimum Gasteiger partial charge on any atom is -0.381 e. The van der Waals surface area contributed by atoms with Gasteiger partial charge in [0.25, 0.3) is 0 Å². The zero-order valence-electron chi connectivity index (χ0n) is 12.2. The maximum Gasteiger partial charge on any atom is 0.248 e. The van der Waals surface area contributed by atoms with Gasteiger partial charge >= 0.3 is 0 Å². The summed E-state index contributed by atoms with van der Waals surface area (Å²) in [6.07, 6.45) is 6.23. The summed E-state index contributed by atoms with van der Waals surface area (Å²) in [5, 5.41) is 4.10. The number of anilines is 1. The van der Waals surface area contributed by atoms with Gasteiger partial charge in [-0.3, -0.25) is 4.68 Å². The highest BCUT2D eigenvalue weighted by Crippen LogP contribution is 2.29. The minimum atomic E-state index is -3.53. The molecule has 2 heterocycles. The van der Waals surface area contributed by atoms with Crippen LogP contribution in [0.1, 0.15) is 46.0 Å². The molecule has 1 unspecified atom stereocenters. The first-order valence-corrected chi connectivity index (χ1v) is 8.79. The third-order valence-corrected chi connectivity index (χ3v) is 5.81. The van der Waals surface area contributed by atoms with Gasteiger partial charge in [-0.2, -0.15) is 9.40 Å². The predicted octanol–water partition coefficient (Wildman–Crippen LogP) is 1.83. The topological polar surface area (TPSA) is 81.2 Å². The maximum absolute atomic E-state index is 12.8. The molecule has 1 atom stereocenters. The average Bonchev–Trinajstić information content (AvgIpc) is 2.81. The van der Waals surface area contributed by atoms with Crippen molar-refractivity contribution in [3.63, 3.8) is 0 Å². The van der Waals surface area contributed by atoms with Crippen LogP contribution in [0.15, 0.2) is 11.1 Å². The molecular formula is C13H24N4O2S. The van der Waals surface area contributed by atoms with Crippen LogP contribution >= 0.6 is 0 Å². The van der Waals surface area contributed by atoms with E-state index in [1.54, 1.807) is 15.2 Å². The zero-order chi connectivity index (χ0) is 14.8. The first-order valence-electron chi connectivity index (χ1n) is 7.35. The lowest BCUT2D eigenvalue weighted by atomic mass is 10.0. The summed E-state index contributed by atoms with van der Waals surface area (Å²) in [6, 6.07) is 0.0858. The molecule has 0 radical (unpaired) electrons. The van der Waals surface area contributed by atoms with Gasteiger partial charge in [0.15, 0.2) is 5.82 Å². The lowest BCUT2D eigenvalue weighted by Gasteiger charge is -2.33. The molecule has 6 nitrogen and oxygen atoms in total. The SMILES string of the molecule is CCCn1cc(S(=O)(=O)N2CCCCC2CC)c(N)n1. The van der Waals surface area contributed by atoms with Crippen LogP contribution in [-0.2, 0) is 16.6 Å². The van der Waals surface area contributed by atoms with Crippen molar-refractivity contribution < 1.29 is 8.42 Å². The summed E-state index contributed by atoms with van der Waals surface area (Å²) in [6.45, 7) is 5.31. The molecular weight excluding hydrogens is 276 g/mol. The van der Waals surface area contributed by atoms with E-state index in [1.807, 2.05) is 13.8 Å². The summed E-state index contributed by atoms with van der Waals surface area (Å²) in [7, 11) is -3.53. The molecule has 1 saturated heterocycles. The number of aryl methyl sites for hydroxylation is 1. The molecule has 1 fully saturated rings. The second kappa shape index (κ2) is 6.13. The highest BCUT2D eigenvalue weighted by Gasteiger charge is 2.34. The number of sulfonamides is 1. The van der Waals surface area contributed by atoms with Crippen LogP contribution in [0.4, 0.5) is 5.82 Å². The van der Waals surface area contributed by atoms with Crippen molar-refractivity contribution in [3.8, 4) is 0 Å². The van der Waals surface area contributed by atoms with E-state index in [1.165, 1.54) is 0 Å². The van der Waals surface area contributed by atoms with Crippen molar-refractivity contribution in [2.45, 2.75) is 63.4 Å². The summed E-state index contributed by atoms with van der Waals surface area (Å²) in [4.78, 5) is 0.159. The lowest BCUT2D eigenvalue weighted by molar-refractivity contribution is 0.246. The summed E-state index contributed by atoms with van der Waals surface area (Å²) in [5.74, 6) is 0.110. The number of piperidine rings is 1. The molecule has 0 aromatic carbocycles. The van der Waals surface area contributed by atoms with Gasteiger partial charge in [-0.1, -0.05) is 20.3 Å². The fraction of sp³-hybridized carbons (Fsp3) is 0.769. The van der Waals surface area contributed by atoms with E-state index in [2.05, 4.69) is 5.10 Å². The van der Waals surface area contributed by atoms with Crippen LogP contribution in [0.2, 0.25) is 0 Å². The minimum absolute atomic E-state index is 0.0858. The van der Waals surface area contributed by atoms with E-state index in [0.717, 1.165) is 32.1 Å². The first-order chi connectivity index (χ1) is 9.50. The van der Waals surface area contributed by atoms with E-state index in [9.17, 15) is 8.42 Å². The Labute approximate surface area is 121 Å². The van der Waals surface area contributed by atoms with Gasteiger partial charge in [-0.15, -0.1) is 0 Å². The summed E-state index contributed by atoms with van der Waals surface area (Å²) < 4.78 is 28.8. The second-order valence-corrected chi connectivity index (χ2v) is 7.17. The first kappa shape index (κ1) is 15.3. The van der Waals surface area contributed by atoms with Crippen LogP contribution in [0.25, 0.3) is 0 Å². The molecule has 1 aliphatic rings. The number of nitrogen functional groups attached to an aromatic ring is 1. The molecule has 2 N–H and O–H groups in total. The summed E-state index contributed by atoms with van der Waals surface area (Å²) in [5.41, 5.74) is 5.81. The molecule has 1 aromatic rings. The van der Waals surface area contributed by atoms with Crippen molar-refractivity contribution in [1.29, 1.82) is 0 Å². The van der Waals surface area contributed by atoms with E-state index in [0.29, 0.717) is 13.1 Å². The molecule has 1 aromatic heterocycles. The van der Waals surface area contributed by atoms with E-state index < -0.39 is 10.0 Å². The Kier molecular flexibility index (Phi) is 4.70. The standard InChI is InChI=1S/C13H24N4O2S/c1-3-8-16-10-12(13(14)15-16)20(18,19)17-9-6-5-7-11(17)4-2/h10-11H,3-9H2,1-2H3,(H2,14,15). The van der Waals surface area contributed by atoms with Crippen molar-refractivity contribution in [2.75, 3.05) is 12.3 Å². The third-order valence-electron chi connectivity index (χ3n) is 3.84. The number of hydrogen-bond acceptors (Lipinski definition) is 4. The number of rotatable bonds is 5. The Balaban J connectivity index is 2.33. The average molecular weight is 300 g/mol. The molecule has 0 bridgehead atoms. The molecule has 1 aliphatic heterocycles. The van der Waals surface area contributed by atoms with Crippen molar-refractivity contribution in [1.82, 2.24) is 14.1 Å². The van der Waals surface area contributed by atoms with Crippen molar-refractivity contribution >= 4 is 15.8 Å². The Morgan fingerprint density at radius 1 is 1.40 bits per heavy atom. The Hall–Kier alpha value is -1.08. The van der Waals surface area contributed by atoms with Gasteiger partial charge in [0.2, 0.25) is 10.0 Å². The number of nitrogens with two attached hydrogens (primary N) is 1. The van der Waals surface area contributed by atoms with E-state index in [-0.39, 0.29) is 16.8 Å².